The summed E-state index contributed by atoms with van der Waals surface area (Å²) in [7, 11) is 0. The van der Waals surface area contributed by atoms with Crippen molar-refractivity contribution in [1.29, 1.82) is 0 Å². The van der Waals surface area contributed by atoms with E-state index in [-0.39, 0.29) is 18.9 Å². The Kier molecular flexibility index (Phi) is 4.57. The van der Waals surface area contributed by atoms with Gasteiger partial charge in [-0.05, 0) is 6.92 Å². The maximum absolute atomic E-state index is 13.0. The Labute approximate surface area is 100 Å². The van der Waals surface area contributed by atoms with Gasteiger partial charge in [0.25, 0.3) is 0 Å². The second-order valence-electron chi connectivity index (χ2n) is 3.62. The number of β-amino-alcohol motifs (C(OH)–C–C–N with tert-alkyl or cyclic N) is 1. The first kappa shape index (κ1) is 13.6. The standard InChI is InChI=1S/C10H11FN2O2.C2H6/c1-6-9(2-7(11)4-12-6)13-5-8(14)3-10(13)15;1-2/h2,4,8,14H,3,5H2,1H3;1-2H3/t8-;/m1./s1. The van der Waals surface area contributed by atoms with Gasteiger partial charge in [-0.2, -0.15) is 0 Å². The van der Waals surface area contributed by atoms with E-state index in [4.69, 9.17) is 0 Å². The number of aryl methyl sites for hydroxylation is 1. The topological polar surface area (TPSA) is 53.4 Å². The Morgan fingerprint density at radius 1 is 1.53 bits per heavy atom. The van der Waals surface area contributed by atoms with E-state index in [1.54, 1.807) is 6.92 Å². The summed E-state index contributed by atoms with van der Waals surface area (Å²) in [5.41, 5.74) is 1.02. The summed E-state index contributed by atoms with van der Waals surface area (Å²) in [6.45, 7) is 5.91. The van der Waals surface area contributed by atoms with Crippen molar-refractivity contribution in [2.24, 2.45) is 0 Å². The normalized spacial score (nSPS) is 19.0. The third kappa shape index (κ3) is 3.00. The lowest BCUT2D eigenvalue weighted by molar-refractivity contribution is -0.117. The summed E-state index contributed by atoms with van der Waals surface area (Å²) in [5.74, 6) is -0.678. The summed E-state index contributed by atoms with van der Waals surface area (Å²) < 4.78 is 13.0. The van der Waals surface area contributed by atoms with Crippen LogP contribution in [0.2, 0.25) is 0 Å². The highest BCUT2D eigenvalue weighted by atomic mass is 19.1. The van der Waals surface area contributed by atoms with Gasteiger partial charge in [-0.3, -0.25) is 9.78 Å². The van der Waals surface area contributed by atoms with Crippen molar-refractivity contribution in [2.45, 2.75) is 33.3 Å². The largest absolute Gasteiger partial charge is 0.391 e. The average Bonchev–Trinajstić information content (AvgIpc) is 2.64. The number of anilines is 1. The summed E-state index contributed by atoms with van der Waals surface area (Å²) in [4.78, 5) is 16.7. The molecular formula is C12H17FN2O2. The highest BCUT2D eigenvalue weighted by Crippen LogP contribution is 2.24. The summed E-state index contributed by atoms with van der Waals surface area (Å²) in [6, 6.07) is 1.26. The van der Waals surface area contributed by atoms with Gasteiger partial charge in [0.05, 0.1) is 36.6 Å². The SMILES string of the molecule is CC.Cc1ncc(F)cc1N1C[C@H](O)CC1=O. The molecule has 1 N–H and O–H groups in total. The van der Waals surface area contributed by atoms with Crippen molar-refractivity contribution in [1.82, 2.24) is 4.98 Å². The molecule has 0 unspecified atom stereocenters. The van der Waals surface area contributed by atoms with Crippen molar-refractivity contribution in [2.75, 3.05) is 11.4 Å². The van der Waals surface area contributed by atoms with Crippen LogP contribution in [0.15, 0.2) is 12.3 Å². The van der Waals surface area contributed by atoms with Crippen LogP contribution < -0.4 is 4.90 Å². The van der Waals surface area contributed by atoms with Gasteiger partial charge in [-0.1, -0.05) is 13.8 Å². The highest BCUT2D eigenvalue weighted by molar-refractivity contribution is 5.96. The molecule has 2 rings (SSSR count). The van der Waals surface area contributed by atoms with Crippen LogP contribution in [0.5, 0.6) is 0 Å². The van der Waals surface area contributed by atoms with Crippen LogP contribution in [-0.2, 0) is 4.79 Å². The van der Waals surface area contributed by atoms with E-state index in [0.717, 1.165) is 6.20 Å². The second kappa shape index (κ2) is 5.72. The van der Waals surface area contributed by atoms with E-state index in [0.29, 0.717) is 11.4 Å². The zero-order chi connectivity index (χ0) is 13.0. The van der Waals surface area contributed by atoms with Crippen LogP contribution in [0.3, 0.4) is 0 Å². The van der Waals surface area contributed by atoms with Gasteiger partial charge in [0.1, 0.15) is 5.82 Å². The monoisotopic (exact) mass is 240 g/mol. The molecule has 1 aliphatic rings. The van der Waals surface area contributed by atoms with Gasteiger partial charge in [0.15, 0.2) is 0 Å². The Morgan fingerprint density at radius 2 is 2.18 bits per heavy atom. The Balaban J connectivity index is 0.000000686. The molecule has 0 saturated carbocycles. The van der Waals surface area contributed by atoms with E-state index in [2.05, 4.69) is 4.98 Å². The quantitative estimate of drug-likeness (QED) is 0.812. The molecule has 1 aliphatic heterocycles. The van der Waals surface area contributed by atoms with Crippen LogP contribution in [0, 0.1) is 12.7 Å². The van der Waals surface area contributed by atoms with Crippen molar-refractivity contribution < 1.29 is 14.3 Å². The Morgan fingerprint density at radius 3 is 2.71 bits per heavy atom. The van der Waals surface area contributed by atoms with E-state index >= 15 is 0 Å². The zero-order valence-corrected chi connectivity index (χ0v) is 10.3. The third-order valence-corrected chi connectivity index (χ3v) is 2.42. The van der Waals surface area contributed by atoms with Crippen molar-refractivity contribution in [3.8, 4) is 0 Å². The summed E-state index contributed by atoms with van der Waals surface area (Å²) in [6.07, 6.45) is 0.534. The maximum atomic E-state index is 13.0. The molecule has 0 bridgehead atoms. The predicted molar refractivity (Wildman–Crippen MR) is 63.3 cm³/mol. The lowest BCUT2D eigenvalue weighted by Gasteiger charge is -2.17. The molecule has 94 valence electrons. The minimum atomic E-state index is -0.667. The number of hydrogen-bond acceptors (Lipinski definition) is 3. The fourth-order valence-corrected chi connectivity index (χ4v) is 1.69. The molecule has 0 aliphatic carbocycles. The number of nitrogens with zero attached hydrogens (tertiary/aromatic N) is 2. The smallest absolute Gasteiger partial charge is 0.229 e. The molecule has 1 saturated heterocycles. The number of rotatable bonds is 1. The van der Waals surface area contributed by atoms with Gasteiger partial charge in [0, 0.05) is 6.07 Å². The first-order valence-electron chi connectivity index (χ1n) is 5.68. The zero-order valence-electron chi connectivity index (χ0n) is 10.3. The van der Waals surface area contributed by atoms with E-state index in [1.165, 1.54) is 11.0 Å². The van der Waals surface area contributed by atoms with Gasteiger partial charge in [-0.25, -0.2) is 4.39 Å². The molecule has 0 spiro atoms. The number of aliphatic hydroxyl groups is 1. The number of pyridine rings is 1. The van der Waals surface area contributed by atoms with Gasteiger partial charge >= 0.3 is 0 Å². The average molecular weight is 240 g/mol. The molecule has 1 amide bonds. The number of carbonyl (C=O) groups excluding carboxylic acids is 1. The number of hydrogen-bond donors (Lipinski definition) is 1. The fourth-order valence-electron chi connectivity index (χ4n) is 1.69. The molecule has 1 fully saturated rings. The molecular weight excluding hydrogens is 223 g/mol. The van der Waals surface area contributed by atoms with Crippen LogP contribution in [0.25, 0.3) is 0 Å². The molecule has 0 radical (unpaired) electrons. The molecule has 17 heavy (non-hydrogen) atoms. The lowest BCUT2D eigenvalue weighted by Crippen LogP contribution is -2.26. The lowest BCUT2D eigenvalue weighted by atomic mass is 10.3. The minimum absolute atomic E-state index is 0.0932. The summed E-state index contributed by atoms with van der Waals surface area (Å²) in [5, 5.41) is 9.31. The van der Waals surface area contributed by atoms with Gasteiger partial charge in [0.2, 0.25) is 5.91 Å². The van der Waals surface area contributed by atoms with E-state index in [9.17, 15) is 14.3 Å². The summed E-state index contributed by atoms with van der Waals surface area (Å²) >= 11 is 0. The van der Waals surface area contributed by atoms with Crippen LogP contribution >= 0.6 is 0 Å². The Bertz CT molecular complexity index is 409. The van der Waals surface area contributed by atoms with Gasteiger partial charge < -0.3 is 10.0 Å². The molecule has 0 aromatic carbocycles. The molecule has 5 heteroatoms. The first-order chi connectivity index (χ1) is 8.08. The molecule has 2 heterocycles. The van der Waals surface area contributed by atoms with Crippen molar-refractivity contribution in [3.63, 3.8) is 0 Å². The molecule has 1 aromatic rings. The highest BCUT2D eigenvalue weighted by Gasteiger charge is 2.30. The van der Waals surface area contributed by atoms with Crippen LogP contribution in [-0.4, -0.2) is 28.6 Å². The second-order valence-corrected chi connectivity index (χ2v) is 3.62. The first-order valence-corrected chi connectivity index (χ1v) is 5.68. The number of aromatic nitrogens is 1. The molecule has 1 atom stereocenters. The van der Waals surface area contributed by atoms with Gasteiger partial charge in [-0.15, -0.1) is 0 Å². The van der Waals surface area contributed by atoms with Crippen LogP contribution in [0.4, 0.5) is 10.1 Å². The van der Waals surface area contributed by atoms with Crippen LogP contribution in [0.1, 0.15) is 26.0 Å². The molecule has 1 aromatic heterocycles. The number of halogens is 1. The van der Waals surface area contributed by atoms with E-state index < -0.39 is 11.9 Å². The van der Waals surface area contributed by atoms with Crippen molar-refractivity contribution >= 4 is 11.6 Å². The predicted octanol–water partition coefficient (Wildman–Crippen LogP) is 1.65. The van der Waals surface area contributed by atoms with Crippen molar-refractivity contribution in [3.05, 3.63) is 23.8 Å². The van der Waals surface area contributed by atoms with E-state index in [1.807, 2.05) is 13.8 Å². The minimum Gasteiger partial charge on any atom is -0.391 e. The Hall–Kier alpha value is -1.49. The fraction of sp³-hybridized carbons (Fsp3) is 0.500. The maximum Gasteiger partial charge on any atom is 0.229 e. The number of aliphatic hydroxyl groups excluding tert-OH is 1. The number of carbonyl (C=O) groups is 1. The molecule has 4 nitrogen and oxygen atoms in total. The third-order valence-electron chi connectivity index (χ3n) is 2.42. The number of amides is 1.